The summed E-state index contributed by atoms with van der Waals surface area (Å²) in [7, 11) is 0. The molecule has 0 saturated carbocycles. The molecule has 1 aromatic rings. The van der Waals surface area contributed by atoms with Gasteiger partial charge in [0.05, 0.1) is 0 Å². The number of hydrogen-bond acceptors (Lipinski definition) is 3. The molecule has 0 spiro atoms. The van der Waals surface area contributed by atoms with Gasteiger partial charge in [0, 0.05) is 23.2 Å². The van der Waals surface area contributed by atoms with Crippen molar-refractivity contribution in [1.82, 2.24) is 4.57 Å². The number of aromatic nitrogens is 1. The van der Waals surface area contributed by atoms with E-state index >= 15 is 0 Å². The third kappa shape index (κ3) is 2.79. The highest BCUT2D eigenvalue weighted by atomic mass is 32.1. The van der Waals surface area contributed by atoms with Crippen molar-refractivity contribution in [3.05, 3.63) is 32.4 Å². The van der Waals surface area contributed by atoms with Crippen LogP contribution < -0.4 is 4.87 Å². The van der Waals surface area contributed by atoms with Crippen LogP contribution in [-0.2, 0) is 11.3 Å². The summed E-state index contributed by atoms with van der Waals surface area (Å²) < 4.78 is 1.56. The molecule has 1 heterocycles. The molecule has 0 bridgehead atoms. The Kier molecular flexibility index (Phi) is 3.85. The summed E-state index contributed by atoms with van der Waals surface area (Å²) in [6.45, 7) is 3.95. The largest absolute Gasteiger partial charge is 0.478 e. The summed E-state index contributed by atoms with van der Waals surface area (Å²) in [5, 5.41) is 10.6. The van der Waals surface area contributed by atoms with Gasteiger partial charge >= 0.3 is 10.8 Å². The minimum absolute atomic E-state index is 0.0513. The van der Waals surface area contributed by atoms with E-state index in [2.05, 4.69) is 0 Å². The zero-order valence-electron chi connectivity index (χ0n) is 8.69. The predicted octanol–water partition coefficient (Wildman–Crippen LogP) is 1.64. The lowest BCUT2D eigenvalue weighted by Crippen LogP contribution is -2.14. The average Bonchev–Trinajstić information content (AvgIpc) is 2.49. The summed E-state index contributed by atoms with van der Waals surface area (Å²) in [6, 6.07) is 0. The second-order valence-corrected chi connectivity index (χ2v) is 3.96. The number of allylic oxidation sites excluding steroid dienone is 1. The molecule has 0 aromatic carbocycles. The molecule has 0 fully saturated rings. The van der Waals surface area contributed by atoms with Gasteiger partial charge in [-0.3, -0.25) is 9.36 Å². The van der Waals surface area contributed by atoms with Gasteiger partial charge in [-0.05, 0) is 13.3 Å². The number of aryl methyl sites for hydroxylation is 1. The molecular formula is C10H13NO3S. The average molecular weight is 227 g/mol. The molecule has 0 unspecified atom stereocenters. The van der Waals surface area contributed by atoms with Crippen LogP contribution >= 0.6 is 11.3 Å². The molecule has 1 N–H and O–H groups in total. The fraction of sp³-hybridized carbons (Fsp3) is 0.400. The zero-order valence-corrected chi connectivity index (χ0v) is 9.50. The molecule has 0 amide bonds. The summed E-state index contributed by atoms with van der Waals surface area (Å²) in [5.74, 6) is -0.918. The van der Waals surface area contributed by atoms with Gasteiger partial charge < -0.3 is 5.11 Å². The van der Waals surface area contributed by atoms with E-state index in [-0.39, 0.29) is 4.87 Å². The van der Waals surface area contributed by atoms with Gasteiger partial charge in [0.15, 0.2) is 0 Å². The Morgan fingerprint density at radius 1 is 1.67 bits per heavy atom. The van der Waals surface area contributed by atoms with E-state index in [0.29, 0.717) is 18.5 Å². The van der Waals surface area contributed by atoms with Crippen molar-refractivity contribution in [1.29, 1.82) is 0 Å². The molecular weight excluding hydrogens is 214 g/mol. The van der Waals surface area contributed by atoms with E-state index in [0.717, 1.165) is 17.0 Å². The molecule has 0 aliphatic heterocycles. The molecule has 5 heteroatoms. The second kappa shape index (κ2) is 4.93. The fourth-order valence-corrected chi connectivity index (χ4v) is 1.95. The molecule has 0 radical (unpaired) electrons. The number of carboxylic acid groups (broad SMARTS) is 1. The molecule has 1 aromatic heterocycles. The van der Waals surface area contributed by atoms with E-state index in [1.165, 1.54) is 0 Å². The number of carbonyl (C=O) groups is 1. The Morgan fingerprint density at radius 2 is 2.33 bits per heavy atom. The maximum Gasteiger partial charge on any atom is 0.331 e. The summed E-state index contributed by atoms with van der Waals surface area (Å²) in [4.78, 5) is 22.0. The predicted molar refractivity (Wildman–Crippen MR) is 59.3 cm³/mol. The molecule has 0 aliphatic rings. The van der Waals surface area contributed by atoms with Crippen LogP contribution in [0.2, 0.25) is 0 Å². The Labute approximate surface area is 91.5 Å². The van der Waals surface area contributed by atoms with Gasteiger partial charge in [0.1, 0.15) is 0 Å². The second-order valence-electron chi connectivity index (χ2n) is 3.14. The summed E-state index contributed by atoms with van der Waals surface area (Å²) in [5.41, 5.74) is 1.20. The molecule has 15 heavy (non-hydrogen) atoms. The number of carboxylic acids is 1. The first-order chi connectivity index (χ1) is 7.06. The van der Waals surface area contributed by atoms with Gasteiger partial charge in [-0.25, -0.2) is 4.79 Å². The maximum atomic E-state index is 11.3. The minimum atomic E-state index is -0.918. The van der Waals surface area contributed by atoms with Crippen molar-refractivity contribution >= 4 is 17.3 Å². The number of nitrogens with zero attached hydrogens (tertiary/aromatic N) is 1. The molecule has 0 atom stereocenters. The van der Waals surface area contributed by atoms with Crippen molar-refractivity contribution in [2.75, 3.05) is 0 Å². The van der Waals surface area contributed by atoms with Crippen molar-refractivity contribution in [2.45, 2.75) is 26.8 Å². The van der Waals surface area contributed by atoms with Crippen LogP contribution in [-0.4, -0.2) is 15.6 Å². The van der Waals surface area contributed by atoms with Crippen molar-refractivity contribution in [3.8, 4) is 0 Å². The van der Waals surface area contributed by atoms with Crippen molar-refractivity contribution < 1.29 is 9.90 Å². The lowest BCUT2D eigenvalue weighted by atomic mass is 10.2. The van der Waals surface area contributed by atoms with Gasteiger partial charge in [-0.1, -0.05) is 24.3 Å². The lowest BCUT2D eigenvalue weighted by Gasteiger charge is -2.01. The number of rotatable bonds is 4. The maximum absolute atomic E-state index is 11.3. The third-order valence-corrected chi connectivity index (χ3v) is 3.03. The van der Waals surface area contributed by atoms with Gasteiger partial charge in [0.2, 0.25) is 0 Å². The number of aliphatic carboxylic acids is 1. The van der Waals surface area contributed by atoms with Crippen LogP contribution in [0.5, 0.6) is 0 Å². The fourth-order valence-electron chi connectivity index (χ4n) is 1.21. The first-order valence-corrected chi connectivity index (χ1v) is 5.51. The normalized spacial score (nSPS) is 11.7. The van der Waals surface area contributed by atoms with Gasteiger partial charge in [-0.15, -0.1) is 0 Å². The first-order valence-electron chi connectivity index (χ1n) is 4.63. The van der Waals surface area contributed by atoms with Crippen LogP contribution in [0.3, 0.4) is 0 Å². The zero-order chi connectivity index (χ0) is 11.4. The van der Waals surface area contributed by atoms with E-state index in [1.54, 1.807) is 22.9 Å². The highest BCUT2D eigenvalue weighted by Gasteiger charge is 2.05. The molecule has 4 nitrogen and oxygen atoms in total. The van der Waals surface area contributed by atoms with E-state index in [9.17, 15) is 9.59 Å². The topological polar surface area (TPSA) is 59.3 Å². The van der Waals surface area contributed by atoms with Crippen LogP contribution in [0.4, 0.5) is 0 Å². The monoisotopic (exact) mass is 227 g/mol. The van der Waals surface area contributed by atoms with Crippen LogP contribution in [0.15, 0.2) is 21.8 Å². The van der Waals surface area contributed by atoms with E-state index < -0.39 is 5.97 Å². The molecule has 1 rings (SSSR count). The van der Waals surface area contributed by atoms with Crippen LogP contribution in [0.25, 0.3) is 0 Å². The quantitative estimate of drug-likeness (QED) is 0.795. The van der Waals surface area contributed by atoms with E-state index in [4.69, 9.17) is 5.11 Å². The smallest absolute Gasteiger partial charge is 0.331 e. The number of hydrogen-bond donors (Lipinski definition) is 1. The molecule has 0 saturated heterocycles. The first kappa shape index (κ1) is 11.7. The van der Waals surface area contributed by atoms with Crippen LogP contribution in [0, 0.1) is 6.92 Å². The van der Waals surface area contributed by atoms with Gasteiger partial charge in [-0.2, -0.15) is 0 Å². The van der Waals surface area contributed by atoms with Crippen molar-refractivity contribution in [3.63, 3.8) is 0 Å². The minimum Gasteiger partial charge on any atom is -0.478 e. The molecule has 0 aliphatic carbocycles. The lowest BCUT2D eigenvalue weighted by molar-refractivity contribution is -0.132. The Morgan fingerprint density at radius 3 is 2.73 bits per heavy atom. The third-order valence-electron chi connectivity index (χ3n) is 2.15. The summed E-state index contributed by atoms with van der Waals surface area (Å²) >= 11 is 1.13. The Balaban J connectivity index is 2.88. The van der Waals surface area contributed by atoms with Crippen LogP contribution in [0.1, 0.15) is 19.0 Å². The Hall–Kier alpha value is -1.36. The Bertz CT molecular complexity index is 442. The van der Waals surface area contributed by atoms with Gasteiger partial charge in [0.25, 0.3) is 0 Å². The SMILES string of the molecule is CCC(=CCn1c(C)csc1=O)C(=O)O. The number of thiazole rings is 1. The van der Waals surface area contributed by atoms with Crippen molar-refractivity contribution in [2.24, 2.45) is 0 Å². The highest BCUT2D eigenvalue weighted by Crippen LogP contribution is 2.04. The standard InChI is InChI=1S/C10H13NO3S/c1-3-8(9(12)13)4-5-11-7(2)6-15-10(11)14/h4,6H,3,5H2,1-2H3,(H,12,13). The highest BCUT2D eigenvalue weighted by molar-refractivity contribution is 7.07. The van der Waals surface area contributed by atoms with E-state index in [1.807, 2.05) is 6.92 Å². The molecule has 82 valence electrons. The summed E-state index contributed by atoms with van der Waals surface area (Å²) in [6.07, 6.45) is 2.05.